The number of hydrogen-bond acceptors (Lipinski definition) is 5. The van der Waals surface area contributed by atoms with Crippen molar-refractivity contribution < 1.29 is 30.0 Å². The van der Waals surface area contributed by atoms with Gasteiger partial charge in [-0.25, -0.2) is 0 Å². The lowest BCUT2D eigenvalue weighted by molar-refractivity contribution is -0.148. The number of carbonyl (C=O) groups is 1. The molecular formula is C6H10O6. The van der Waals surface area contributed by atoms with Crippen LogP contribution in [0.5, 0.6) is 0 Å². The summed E-state index contributed by atoms with van der Waals surface area (Å²) < 4.78 is 4.57. The molecule has 0 aromatic rings. The summed E-state index contributed by atoms with van der Waals surface area (Å²) in [7, 11) is 0. The van der Waals surface area contributed by atoms with Crippen molar-refractivity contribution in [1.82, 2.24) is 0 Å². The summed E-state index contributed by atoms with van der Waals surface area (Å²) in [6.45, 7) is 0. The molecule has 2 unspecified atom stereocenters. The van der Waals surface area contributed by atoms with Gasteiger partial charge in [0.2, 0.25) is 0 Å². The molecule has 0 bridgehead atoms. The van der Waals surface area contributed by atoms with Crippen LogP contribution in [0.15, 0.2) is 0 Å². The minimum Gasteiger partial charge on any atom is -0.481 e. The molecule has 4 atom stereocenters. The standard InChI is InChI=1S/C6H10O6/c7-3(8)1-2-4(9)5(10)6(11)12-2/h2,4-6,9-11H,1H2,(H,7,8)/t2-,4?,5?,6-/m1/s1. The van der Waals surface area contributed by atoms with Crippen molar-refractivity contribution in [3.8, 4) is 0 Å². The van der Waals surface area contributed by atoms with Gasteiger partial charge in [-0.3, -0.25) is 4.79 Å². The summed E-state index contributed by atoms with van der Waals surface area (Å²) >= 11 is 0. The number of aliphatic carboxylic acids is 1. The Morgan fingerprint density at radius 2 is 1.83 bits per heavy atom. The van der Waals surface area contributed by atoms with E-state index in [4.69, 9.17) is 20.4 Å². The monoisotopic (exact) mass is 178 g/mol. The van der Waals surface area contributed by atoms with E-state index in [2.05, 4.69) is 4.74 Å². The Bertz CT molecular complexity index is 181. The van der Waals surface area contributed by atoms with Crippen LogP contribution in [0, 0.1) is 0 Å². The van der Waals surface area contributed by atoms with E-state index in [1.54, 1.807) is 0 Å². The van der Waals surface area contributed by atoms with Crippen molar-refractivity contribution in [1.29, 1.82) is 0 Å². The molecule has 1 fully saturated rings. The first-order valence-electron chi connectivity index (χ1n) is 3.44. The van der Waals surface area contributed by atoms with E-state index < -0.39 is 37.0 Å². The first kappa shape index (κ1) is 9.40. The number of aliphatic hydroxyl groups is 3. The van der Waals surface area contributed by atoms with E-state index in [9.17, 15) is 4.79 Å². The fourth-order valence-corrected chi connectivity index (χ4v) is 1.07. The molecule has 1 heterocycles. The Kier molecular flexibility index (Phi) is 2.63. The largest absolute Gasteiger partial charge is 0.481 e. The molecule has 0 aliphatic carbocycles. The Morgan fingerprint density at radius 1 is 1.25 bits per heavy atom. The molecule has 6 nitrogen and oxygen atoms in total. The van der Waals surface area contributed by atoms with E-state index in [0.717, 1.165) is 0 Å². The quantitative estimate of drug-likeness (QED) is 0.386. The van der Waals surface area contributed by atoms with Gasteiger partial charge >= 0.3 is 5.97 Å². The second-order valence-electron chi connectivity index (χ2n) is 2.64. The molecule has 1 aliphatic heterocycles. The van der Waals surface area contributed by atoms with Crippen LogP contribution in [0.4, 0.5) is 0 Å². The summed E-state index contributed by atoms with van der Waals surface area (Å²) in [6.07, 6.45) is -5.72. The van der Waals surface area contributed by atoms with Gasteiger partial charge in [0.15, 0.2) is 6.29 Å². The molecule has 0 aromatic heterocycles. The molecular weight excluding hydrogens is 168 g/mol. The normalized spacial score (nSPS) is 41.6. The fraction of sp³-hybridized carbons (Fsp3) is 0.833. The Balaban J connectivity index is 2.52. The molecule has 0 saturated carbocycles. The molecule has 0 spiro atoms. The predicted octanol–water partition coefficient (Wildman–Crippen LogP) is -2.10. The van der Waals surface area contributed by atoms with Crippen LogP contribution in [-0.2, 0) is 9.53 Å². The van der Waals surface area contributed by atoms with Gasteiger partial charge in [0.1, 0.15) is 12.2 Å². The average Bonchev–Trinajstić information content (AvgIpc) is 2.17. The maximum atomic E-state index is 10.2. The predicted molar refractivity (Wildman–Crippen MR) is 35.1 cm³/mol. The van der Waals surface area contributed by atoms with Gasteiger partial charge in [-0.15, -0.1) is 0 Å². The van der Waals surface area contributed by atoms with Crippen LogP contribution < -0.4 is 0 Å². The van der Waals surface area contributed by atoms with Gasteiger partial charge in [0.05, 0.1) is 12.5 Å². The molecule has 0 amide bonds. The zero-order valence-electron chi connectivity index (χ0n) is 6.12. The maximum Gasteiger partial charge on any atom is 0.306 e. The zero-order chi connectivity index (χ0) is 9.30. The molecule has 0 aromatic carbocycles. The highest BCUT2D eigenvalue weighted by molar-refractivity contribution is 5.67. The summed E-state index contributed by atoms with van der Waals surface area (Å²) in [5, 5.41) is 35.1. The Hall–Kier alpha value is -0.690. The number of hydrogen-bond donors (Lipinski definition) is 4. The highest BCUT2D eigenvalue weighted by atomic mass is 16.6. The molecule has 1 rings (SSSR count). The van der Waals surface area contributed by atoms with Crippen molar-refractivity contribution in [2.24, 2.45) is 0 Å². The Labute approximate surface area is 68.0 Å². The van der Waals surface area contributed by atoms with E-state index in [0.29, 0.717) is 0 Å². The van der Waals surface area contributed by atoms with Gasteiger partial charge in [-0.2, -0.15) is 0 Å². The third-order valence-electron chi connectivity index (χ3n) is 1.71. The van der Waals surface area contributed by atoms with Crippen LogP contribution >= 0.6 is 0 Å². The van der Waals surface area contributed by atoms with Gasteiger partial charge < -0.3 is 25.2 Å². The summed E-state index contributed by atoms with van der Waals surface area (Å²) in [5.41, 5.74) is 0. The van der Waals surface area contributed by atoms with Crippen molar-refractivity contribution in [2.45, 2.75) is 31.0 Å². The molecule has 1 saturated heterocycles. The van der Waals surface area contributed by atoms with Crippen LogP contribution in [-0.4, -0.2) is 51.0 Å². The Morgan fingerprint density at radius 3 is 2.17 bits per heavy atom. The van der Waals surface area contributed by atoms with Crippen LogP contribution in [0.3, 0.4) is 0 Å². The van der Waals surface area contributed by atoms with Crippen molar-refractivity contribution in [3.63, 3.8) is 0 Å². The molecule has 6 heteroatoms. The number of carboxylic acid groups (broad SMARTS) is 1. The van der Waals surface area contributed by atoms with E-state index in [1.165, 1.54) is 0 Å². The first-order valence-corrected chi connectivity index (χ1v) is 3.44. The van der Waals surface area contributed by atoms with Crippen LogP contribution in [0.2, 0.25) is 0 Å². The van der Waals surface area contributed by atoms with Crippen LogP contribution in [0.1, 0.15) is 6.42 Å². The smallest absolute Gasteiger partial charge is 0.306 e. The molecule has 12 heavy (non-hydrogen) atoms. The fourth-order valence-electron chi connectivity index (χ4n) is 1.07. The highest BCUT2D eigenvalue weighted by Gasteiger charge is 2.42. The zero-order valence-corrected chi connectivity index (χ0v) is 6.12. The van der Waals surface area contributed by atoms with Crippen LogP contribution in [0.25, 0.3) is 0 Å². The number of ether oxygens (including phenoxy) is 1. The third kappa shape index (κ3) is 1.72. The average molecular weight is 178 g/mol. The van der Waals surface area contributed by atoms with Gasteiger partial charge in [-0.05, 0) is 0 Å². The summed E-state index contributed by atoms with van der Waals surface area (Å²) in [6, 6.07) is 0. The lowest BCUT2D eigenvalue weighted by atomic mass is 10.1. The van der Waals surface area contributed by atoms with E-state index in [-0.39, 0.29) is 0 Å². The van der Waals surface area contributed by atoms with Crippen molar-refractivity contribution in [3.05, 3.63) is 0 Å². The van der Waals surface area contributed by atoms with Crippen molar-refractivity contribution in [2.75, 3.05) is 0 Å². The highest BCUT2D eigenvalue weighted by Crippen LogP contribution is 2.21. The minimum absolute atomic E-state index is 0.435. The third-order valence-corrected chi connectivity index (χ3v) is 1.71. The molecule has 0 radical (unpaired) electrons. The topological polar surface area (TPSA) is 107 Å². The lowest BCUT2D eigenvalue weighted by Gasteiger charge is -2.10. The van der Waals surface area contributed by atoms with Crippen molar-refractivity contribution >= 4 is 5.97 Å². The molecule has 70 valence electrons. The number of aliphatic hydroxyl groups excluding tert-OH is 3. The first-order chi connectivity index (χ1) is 5.52. The number of carboxylic acids is 1. The summed E-state index contributed by atoms with van der Waals surface area (Å²) in [5.74, 6) is -1.15. The lowest BCUT2D eigenvalue weighted by Crippen LogP contribution is -2.33. The SMILES string of the molecule is O=C(O)C[C@H]1O[C@@H](O)C(O)C1O. The van der Waals surface area contributed by atoms with E-state index >= 15 is 0 Å². The van der Waals surface area contributed by atoms with Gasteiger partial charge in [0.25, 0.3) is 0 Å². The molecule has 1 aliphatic rings. The maximum absolute atomic E-state index is 10.2. The number of rotatable bonds is 2. The van der Waals surface area contributed by atoms with Gasteiger partial charge in [0, 0.05) is 0 Å². The molecule has 4 N–H and O–H groups in total. The summed E-state index contributed by atoms with van der Waals surface area (Å²) in [4.78, 5) is 10.2. The second-order valence-corrected chi connectivity index (χ2v) is 2.64. The van der Waals surface area contributed by atoms with Gasteiger partial charge in [-0.1, -0.05) is 0 Å². The second kappa shape index (κ2) is 3.36. The van der Waals surface area contributed by atoms with E-state index in [1.807, 2.05) is 0 Å². The minimum atomic E-state index is -1.50.